The SMILES string of the molecule is Cc1cc(C)cc(N(c2ccc(-c3ccccc3)cc2)c2cc(-c3ccc4c(c3)C(C)(C)c3ccccc3-4)cc(N(c3ccc(-c4ccccc4)cc3)c3cc(C)cc(C)c3)c2)c1. The molecule has 0 bridgehead atoms. The summed E-state index contributed by atoms with van der Waals surface area (Å²) < 4.78 is 0. The van der Waals surface area contributed by atoms with Gasteiger partial charge in [-0.1, -0.05) is 147 Å². The summed E-state index contributed by atoms with van der Waals surface area (Å²) in [7, 11) is 0. The Morgan fingerprint density at radius 2 is 0.651 bits per heavy atom. The number of aryl methyl sites for hydroxylation is 4. The maximum atomic E-state index is 2.45. The Kier molecular flexibility index (Phi) is 10.2. The molecule has 0 unspecified atom stereocenters. The predicted molar refractivity (Wildman–Crippen MR) is 269 cm³/mol. The molecule has 1 aliphatic rings. The van der Waals surface area contributed by atoms with Crippen molar-refractivity contribution >= 4 is 34.1 Å². The Bertz CT molecular complexity index is 2910. The summed E-state index contributed by atoms with van der Waals surface area (Å²) in [5.41, 5.74) is 23.9. The zero-order valence-corrected chi connectivity index (χ0v) is 37.0. The van der Waals surface area contributed by atoms with Crippen molar-refractivity contribution in [3.8, 4) is 44.5 Å². The Balaban J connectivity index is 1.21. The molecule has 9 aromatic rings. The van der Waals surface area contributed by atoms with Crippen LogP contribution in [0.3, 0.4) is 0 Å². The lowest BCUT2D eigenvalue weighted by atomic mass is 9.81. The molecule has 0 aliphatic heterocycles. The molecule has 0 aromatic heterocycles. The molecule has 0 saturated carbocycles. The number of hydrogen-bond donors (Lipinski definition) is 0. The molecule has 0 fully saturated rings. The van der Waals surface area contributed by atoms with Crippen molar-refractivity contribution in [2.45, 2.75) is 47.0 Å². The van der Waals surface area contributed by atoms with Crippen LogP contribution < -0.4 is 9.80 Å². The minimum Gasteiger partial charge on any atom is -0.310 e. The van der Waals surface area contributed by atoms with Gasteiger partial charge in [0, 0.05) is 39.5 Å². The second kappa shape index (κ2) is 16.1. The van der Waals surface area contributed by atoms with Crippen LogP contribution in [-0.2, 0) is 5.41 Å². The molecule has 0 N–H and O–H groups in total. The molecule has 2 nitrogen and oxygen atoms in total. The van der Waals surface area contributed by atoms with Crippen LogP contribution in [0.4, 0.5) is 34.1 Å². The van der Waals surface area contributed by atoms with Crippen molar-refractivity contribution in [2.75, 3.05) is 9.80 Å². The molecule has 0 atom stereocenters. The summed E-state index contributed by atoms with van der Waals surface area (Å²) >= 11 is 0. The van der Waals surface area contributed by atoms with Gasteiger partial charge in [0.05, 0.1) is 0 Å². The highest BCUT2D eigenvalue weighted by Crippen LogP contribution is 2.51. The third-order valence-electron chi connectivity index (χ3n) is 12.7. The van der Waals surface area contributed by atoms with Gasteiger partial charge < -0.3 is 9.80 Å². The average Bonchev–Trinajstić information content (AvgIpc) is 3.52. The minimum atomic E-state index is -0.125. The van der Waals surface area contributed by atoms with E-state index in [9.17, 15) is 0 Å². The van der Waals surface area contributed by atoms with E-state index in [1.807, 2.05) is 0 Å². The van der Waals surface area contributed by atoms with E-state index in [1.165, 1.54) is 72.3 Å². The summed E-state index contributed by atoms with van der Waals surface area (Å²) in [5, 5.41) is 0. The van der Waals surface area contributed by atoms with Crippen LogP contribution in [0.2, 0.25) is 0 Å². The number of anilines is 6. The lowest BCUT2D eigenvalue weighted by Gasteiger charge is -2.31. The van der Waals surface area contributed by atoms with E-state index in [-0.39, 0.29) is 5.41 Å². The highest BCUT2D eigenvalue weighted by Gasteiger charge is 2.35. The lowest BCUT2D eigenvalue weighted by molar-refractivity contribution is 0.660. The van der Waals surface area contributed by atoms with Gasteiger partial charge in [-0.2, -0.15) is 0 Å². The molecule has 10 rings (SSSR count). The number of fused-ring (bicyclic) bond motifs is 3. The minimum absolute atomic E-state index is 0.125. The van der Waals surface area contributed by atoms with Crippen LogP contribution in [0.25, 0.3) is 44.5 Å². The zero-order chi connectivity index (χ0) is 43.2. The largest absolute Gasteiger partial charge is 0.310 e. The fourth-order valence-corrected chi connectivity index (χ4v) is 9.82. The van der Waals surface area contributed by atoms with Crippen molar-refractivity contribution in [1.29, 1.82) is 0 Å². The van der Waals surface area contributed by atoms with E-state index >= 15 is 0 Å². The van der Waals surface area contributed by atoms with Crippen LogP contribution in [-0.4, -0.2) is 0 Å². The molecule has 0 radical (unpaired) electrons. The van der Waals surface area contributed by atoms with E-state index in [4.69, 9.17) is 0 Å². The van der Waals surface area contributed by atoms with Crippen LogP contribution in [0.15, 0.2) is 206 Å². The summed E-state index contributed by atoms with van der Waals surface area (Å²) in [6.45, 7) is 13.5. The topological polar surface area (TPSA) is 6.48 Å². The van der Waals surface area contributed by atoms with Crippen LogP contribution in [0.1, 0.15) is 47.2 Å². The predicted octanol–water partition coefficient (Wildman–Crippen LogP) is 17.2. The van der Waals surface area contributed by atoms with Gasteiger partial charge in [-0.15, -0.1) is 0 Å². The smallest absolute Gasteiger partial charge is 0.0488 e. The first-order valence-electron chi connectivity index (χ1n) is 22.1. The fourth-order valence-electron chi connectivity index (χ4n) is 9.82. The number of nitrogens with zero attached hydrogens (tertiary/aromatic N) is 2. The maximum absolute atomic E-state index is 2.45. The van der Waals surface area contributed by atoms with Gasteiger partial charge in [-0.3, -0.25) is 0 Å². The second-order valence-electron chi connectivity index (χ2n) is 17.9. The Hall–Kier alpha value is -7.42. The van der Waals surface area contributed by atoms with Gasteiger partial charge in [0.25, 0.3) is 0 Å². The van der Waals surface area contributed by atoms with E-state index in [2.05, 4.69) is 258 Å². The zero-order valence-electron chi connectivity index (χ0n) is 37.0. The van der Waals surface area contributed by atoms with Crippen molar-refractivity contribution in [3.05, 3.63) is 240 Å². The molecular weight excluding hydrogens is 761 g/mol. The fraction of sp³-hybridized carbons (Fsp3) is 0.115. The highest BCUT2D eigenvalue weighted by molar-refractivity contribution is 5.90. The number of benzene rings is 9. The molecule has 0 spiro atoms. The molecule has 0 saturated heterocycles. The van der Waals surface area contributed by atoms with E-state index in [0.717, 1.165) is 39.7 Å². The summed E-state index contributed by atoms with van der Waals surface area (Å²) in [5.74, 6) is 0. The summed E-state index contributed by atoms with van der Waals surface area (Å²) in [6.07, 6.45) is 0. The molecule has 306 valence electrons. The Morgan fingerprint density at radius 3 is 1.13 bits per heavy atom. The lowest BCUT2D eigenvalue weighted by Crippen LogP contribution is -2.15. The first-order chi connectivity index (χ1) is 30.6. The van der Waals surface area contributed by atoms with Crippen LogP contribution in [0.5, 0.6) is 0 Å². The van der Waals surface area contributed by atoms with E-state index in [0.29, 0.717) is 0 Å². The van der Waals surface area contributed by atoms with Gasteiger partial charge in [-0.05, 0) is 178 Å². The molecule has 1 aliphatic carbocycles. The Labute approximate surface area is 373 Å². The van der Waals surface area contributed by atoms with E-state index in [1.54, 1.807) is 0 Å². The van der Waals surface area contributed by atoms with Crippen molar-refractivity contribution in [2.24, 2.45) is 0 Å². The van der Waals surface area contributed by atoms with E-state index < -0.39 is 0 Å². The van der Waals surface area contributed by atoms with Crippen molar-refractivity contribution in [1.82, 2.24) is 0 Å². The highest BCUT2D eigenvalue weighted by atomic mass is 15.2. The second-order valence-corrected chi connectivity index (χ2v) is 17.9. The third-order valence-corrected chi connectivity index (χ3v) is 12.7. The first kappa shape index (κ1) is 39.7. The molecule has 0 heterocycles. The molecule has 0 amide bonds. The first-order valence-corrected chi connectivity index (χ1v) is 22.1. The quantitative estimate of drug-likeness (QED) is 0.143. The molecule has 9 aromatic carbocycles. The van der Waals surface area contributed by atoms with Gasteiger partial charge in [-0.25, -0.2) is 0 Å². The van der Waals surface area contributed by atoms with Crippen molar-refractivity contribution in [3.63, 3.8) is 0 Å². The van der Waals surface area contributed by atoms with Gasteiger partial charge in [0.15, 0.2) is 0 Å². The van der Waals surface area contributed by atoms with Crippen LogP contribution >= 0.6 is 0 Å². The summed E-state index contributed by atoms with van der Waals surface area (Å²) in [6, 6.07) is 76.3. The van der Waals surface area contributed by atoms with Gasteiger partial charge in [0.2, 0.25) is 0 Å². The normalized spacial score (nSPS) is 12.4. The molecular formula is C61H52N2. The summed E-state index contributed by atoms with van der Waals surface area (Å²) in [4.78, 5) is 4.88. The van der Waals surface area contributed by atoms with Crippen LogP contribution in [0, 0.1) is 27.7 Å². The average molecular weight is 813 g/mol. The van der Waals surface area contributed by atoms with Gasteiger partial charge >= 0.3 is 0 Å². The number of rotatable bonds is 9. The third kappa shape index (κ3) is 7.64. The maximum Gasteiger partial charge on any atom is 0.0488 e. The van der Waals surface area contributed by atoms with Gasteiger partial charge in [0.1, 0.15) is 0 Å². The number of hydrogen-bond acceptors (Lipinski definition) is 2. The molecule has 2 heteroatoms. The Morgan fingerprint density at radius 1 is 0.270 bits per heavy atom. The van der Waals surface area contributed by atoms with Crippen molar-refractivity contribution < 1.29 is 0 Å². The monoisotopic (exact) mass is 812 g/mol. The standard InChI is InChI=1S/C61H52N2/c1-41-31-42(2)34-53(33-41)62(51-26-21-47(22-27-51)45-15-9-7-10-16-45)55-37-50(49-25-30-58-57-19-13-14-20-59(57)61(5,6)60(58)39-49)38-56(40-55)63(54-35-43(3)32-44(4)36-54)52-28-23-48(24-29-52)46-17-11-8-12-18-46/h7-40H,1-6H3. The molecule has 63 heavy (non-hydrogen) atoms.